The van der Waals surface area contributed by atoms with Gasteiger partial charge in [0, 0.05) is 20.3 Å². The van der Waals surface area contributed by atoms with E-state index in [9.17, 15) is 24.4 Å². The van der Waals surface area contributed by atoms with Gasteiger partial charge in [0.25, 0.3) is 5.56 Å². The van der Waals surface area contributed by atoms with E-state index >= 15 is 0 Å². The number of aliphatic hydroxyl groups is 2. The van der Waals surface area contributed by atoms with Crippen LogP contribution < -0.4 is 11.2 Å². The first-order chi connectivity index (χ1) is 10.5. The molecular weight excluding hydrogens is 335 g/mol. The molecule has 1 unspecified atom stereocenters. The van der Waals surface area contributed by atoms with Gasteiger partial charge in [0.1, 0.15) is 24.4 Å². The molecule has 0 spiro atoms. The number of rotatable bonds is 4. The Morgan fingerprint density at radius 3 is 2.43 bits per heavy atom. The number of aromatic nitrogens is 2. The van der Waals surface area contributed by atoms with Gasteiger partial charge >= 0.3 is 13.5 Å². The smallest absolute Gasteiger partial charge is 0.387 e. The van der Waals surface area contributed by atoms with Gasteiger partial charge < -0.3 is 29.3 Å². The van der Waals surface area contributed by atoms with Crippen LogP contribution in [0.25, 0.3) is 0 Å². The summed E-state index contributed by atoms with van der Waals surface area (Å²) in [4.78, 5) is 41.1. The third-order valence-corrected chi connectivity index (χ3v) is 4.03. The van der Waals surface area contributed by atoms with Crippen LogP contribution in [0, 0.1) is 0 Å². The van der Waals surface area contributed by atoms with E-state index in [0.29, 0.717) is 0 Å². The van der Waals surface area contributed by atoms with Crippen molar-refractivity contribution in [2.75, 3.05) is 6.61 Å². The highest BCUT2D eigenvalue weighted by molar-refractivity contribution is 7.46. The molecule has 12 heteroatoms. The topological polar surface area (TPSA) is 160 Å². The number of nitrogens with zero attached hydrogens (tertiary/aromatic N) is 2. The molecule has 1 aromatic rings. The van der Waals surface area contributed by atoms with Crippen molar-refractivity contribution in [1.82, 2.24) is 9.13 Å². The summed E-state index contributed by atoms with van der Waals surface area (Å²) < 4.78 is 22.2. The molecule has 2 heterocycles. The van der Waals surface area contributed by atoms with Crippen LogP contribution in [0.4, 0.5) is 0 Å². The molecule has 1 fully saturated rings. The summed E-state index contributed by atoms with van der Waals surface area (Å²) in [6, 6.07) is 0. The maximum absolute atomic E-state index is 12.1. The van der Waals surface area contributed by atoms with Crippen molar-refractivity contribution in [2.45, 2.75) is 24.4 Å². The third-order valence-electron chi connectivity index (χ3n) is 3.55. The maximum atomic E-state index is 12.1. The lowest BCUT2D eigenvalue weighted by molar-refractivity contribution is -0.0230. The van der Waals surface area contributed by atoms with E-state index in [1.54, 1.807) is 0 Å². The number of phosphoric ester groups is 1. The summed E-state index contributed by atoms with van der Waals surface area (Å²) in [6.45, 7) is -0.676. The molecule has 4 N–H and O–H groups in total. The molecule has 2 rings (SSSR count). The van der Waals surface area contributed by atoms with Gasteiger partial charge in [-0.05, 0) is 0 Å². The van der Waals surface area contributed by atoms with E-state index in [1.165, 1.54) is 20.3 Å². The third kappa shape index (κ3) is 3.61. The first-order valence-corrected chi connectivity index (χ1v) is 8.04. The van der Waals surface area contributed by atoms with E-state index in [1.807, 2.05) is 0 Å². The van der Waals surface area contributed by atoms with Crippen LogP contribution in [-0.4, -0.2) is 54.1 Å². The van der Waals surface area contributed by atoms with Crippen LogP contribution in [0.2, 0.25) is 0 Å². The van der Waals surface area contributed by atoms with Gasteiger partial charge in [-0.1, -0.05) is 0 Å². The summed E-state index contributed by atoms with van der Waals surface area (Å²) >= 11 is 0. The molecule has 0 amide bonds. The molecule has 130 valence electrons. The summed E-state index contributed by atoms with van der Waals surface area (Å²) in [5.74, 6) is 0. The summed E-state index contributed by atoms with van der Waals surface area (Å²) in [7, 11) is -2.12. The van der Waals surface area contributed by atoms with Gasteiger partial charge in [0.15, 0.2) is 0 Å². The second-order valence-corrected chi connectivity index (χ2v) is 6.44. The molecule has 0 aliphatic carbocycles. The van der Waals surface area contributed by atoms with E-state index < -0.39 is 50.1 Å². The zero-order valence-electron chi connectivity index (χ0n) is 12.3. The fourth-order valence-corrected chi connectivity index (χ4v) is 2.69. The number of aryl methyl sites for hydroxylation is 1. The number of hydrogen-bond acceptors (Lipinski definition) is 7. The Morgan fingerprint density at radius 1 is 1.26 bits per heavy atom. The number of aliphatic hydroxyl groups excluding tert-OH is 2. The Hall–Kier alpha value is -1.33. The van der Waals surface area contributed by atoms with Crippen molar-refractivity contribution in [3.63, 3.8) is 0 Å². The maximum Gasteiger partial charge on any atom is 0.469 e. The monoisotopic (exact) mass is 352 g/mol. The van der Waals surface area contributed by atoms with E-state index in [0.717, 1.165) is 9.13 Å². The van der Waals surface area contributed by atoms with Crippen LogP contribution in [0.3, 0.4) is 0 Å². The minimum Gasteiger partial charge on any atom is -0.387 e. The Balaban J connectivity index is 2.30. The normalized spacial score (nSPS) is 28.3. The zero-order chi connectivity index (χ0) is 17.5. The van der Waals surface area contributed by atoms with Crippen molar-refractivity contribution >= 4 is 7.82 Å². The van der Waals surface area contributed by atoms with Crippen LogP contribution >= 0.6 is 7.82 Å². The Kier molecular flexibility index (Phi) is 4.92. The molecule has 0 aromatic carbocycles. The lowest BCUT2D eigenvalue weighted by Gasteiger charge is -2.16. The van der Waals surface area contributed by atoms with Crippen LogP contribution in [0.15, 0.2) is 15.8 Å². The fourth-order valence-electron chi connectivity index (χ4n) is 2.35. The van der Waals surface area contributed by atoms with Crippen molar-refractivity contribution in [1.29, 1.82) is 0 Å². The highest BCUT2D eigenvalue weighted by Gasteiger charge is 2.45. The minimum absolute atomic E-state index is 0.0696. The Morgan fingerprint density at radius 2 is 1.87 bits per heavy atom. The summed E-state index contributed by atoms with van der Waals surface area (Å²) in [5, 5.41) is 19.9. The van der Waals surface area contributed by atoms with Gasteiger partial charge in [-0.25, -0.2) is 9.36 Å². The van der Waals surface area contributed by atoms with E-state index in [4.69, 9.17) is 14.5 Å². The molecule has 1 saturated heterocycles. The predicted molar refractivity (Wildman–Crippen MR) is 74.5 cm³/mol. The largest absolute Gasteiger partial charge is 0.469 e. The molecule has 4 atom stereocenters. The van der Waals surface area contributed by atoms with E-state index in [2.05, 4.69) is 4.52 Å². The minimum atomic E-state index is -4.77. The summed E-state index contributed by atoms with van der Waals surface area (Å²) in [5.41, 5.74) is -1.35. The molecule has 0 saturated carbocycles. The molecule has 0 bridgehead atoms. The lowest BCUT2D eigenvalue weighted by atomic mass is 10.0. The van der Waals surface area contributed by atoms with Crippen LogP contribution in [-0.2, 0) is 27.9 Å². The van der Waals surface area contributed by atoms with E-state index in [-0.39, 0.29) is 5.56 Å². The van der Waals surface area contributed by atoms with Gasteiger partial charge in [0.05, 0.1) is 12.2 Å². The Bertz CT molecular complexity index is 751. The standard InChI is InChI=1S/C11H17N2O9P/c1-12-3-5(10(16)13(2)11(12)17)9-8(15)7(14)6(22-9)4-21-23(18,19)20/h3,6-9,14-15H,4H2,1-2H3,(H2,18,19,20)/t6-,7-,8?,9+/m1/s1. The molecule has 1 aliphatic heterocycles. The van der Waals surface area contributed by atoms with Gasteiger partial charge in [-0.3, -0.25) is 13.9 Å². The molecule has 23 heavy (non-hydrogen) atoms. The molecular formula is C11H17N2O9P. The SMILES string of the molecule is Cn1cc([C@@H]2O[C@H](COP(=O)(O)O)[C@@H](O)C2O)c(=O)n(C)c1=O. The first-order valence-electron chi connectivity index (χ1n) is 6.51. The average molecular weight is 352 g/mol. The fraction of sp³-hybridized carbons (Fsp3) is 0.636. The predicted octanol–water partition coefficient (Wildman–Crippen LogP) is -2.64. The van der Waals surface area contributed by atoms with Gasteiger partial charge in [-0.15, -0.1) is 0 Å². The first kappa shape index (κ1) is 18.0. The molecule has 1 aromatic heterocycles. The average Bonchev–Trinajstić information content (AvgIpc) is 2.74. The van der Waals surface area contributed by atoms with Crippen molar-refractivity contribution in [3.05, 3.63) is 32.6 Å². The van der Waals surface area contributed by atoms with Crippen molar-refractivity contribution < 1.29 is 33.8 Å². The highest BCUT2D eigenvalue weighted by atomic mass is 31.2. The van der Waals surface area contributed by atoms with Gasteiger partial charge in [-0.2, -0.15) is 0 Å². The van der Waals surface area contributed by atoms with Crippen LogP contribution in [0.1, 0.15) is 11.7 Å². The Labute approximate surface area is 129 Å². The second-order valence-electron chi connectivity index (χ2n) is 5.20. The molecule has 11 nitrogen and oxygen atoms in total. The number of ether oxygens (including phenoxy) is 1. The molecule has 0 radical (unpaired) electrons. The summed E-state index contributed by atoms with van der Waals surface area (Å²) in [6.07, 6.45) is -4.37. The highest BCUT2D eigenvalue weighted by Crippen LogP contribution is 2.38. The van der Waals surface area contributed by atoms with Crippen LogP contribution in [0.5, 0.6) is 0 Å². The van der Waals surface area contributed by atoms with Crippen molar-refractivity contribution in [2.24, 2.45) is 14.1 Å². The quantitative estimate of drug-likeness (QED) is 0.424. The molecule has 1 aliphatic rings. The second kappa shape index (κ2) is 6.29. The zero-order valence-corrected chi connectivity index (χ0v) is 13.2. The van der Waals surface area contributed by atoms with Gasteiger partial charge in [0.2, 0.25) is 0 Å². The lowest BCUT2D eigenvalue weighted by Crippen LogP contribution is -2.40. The number of hydrogen-bond donors (Lipinski definition) is 4. The van der Waals surface area contributed by atoms with Crippen molar-refractivity contribution in [3.8, 4) is 0 Å². The number of phosphoric acid groups is 1.